The summed E-state index contributed by atoms with van der Waals surface area (Å²) in [7, 11) is 0. The van der Waals surface area contributed by atoms with Gasteiger partial charge in [-0.3, -0.25) is 9.59 Å². The number of carbonyl (C=O) groups excluding carboxylic acids is 1. The van der Waals surface area contributed by atoms with Crippen molar-refractivity contribution in [2.75, 3.05) is 26.2 Å². The number of aliphatic carboxylic acids is 3. The monoisotopic (exact) mass is 609 g/mol. The lowest BCUT2D eigenvalue weighted by atomic mass is 10.0. The maximum absolute atomic E-state index is 11.5. The van der Waals surface area contributed by atoms with Gasteiger partial charge in [-0.1, -0.05) is 123 Å². The molecule has 0 bridgehead atoms. The highest BCUT2D eigenvalue weighted by Gasteiger charge is 2.30. The van der Waals surface area contributed by atoms with Gasteiger partial charge in [0, 0.05) is 37.6 Å². The molecule has 0 aliphatic heterocycles. The van der Waals surface area contributed by atoms with E-state index in [9.17, 15) is 29.7 Å². The normalized spacial score (nSPS) is 15.3. The predicted molar refractivity (Wildman–Crippen MR) is 175 cm³/mol. The van der Waals surface area contributed by atoms with E-state index in [-0.39, 0.29) is 0 Å². The van der Waals surface area contributed by atoms with Crippen LogP contribution in [0.4, 0.5) is 0 Å². The first-order valence-electron chi connectivity index (χ1n) is 17.7. The van der Waals surface area contributed by atoms with Crippen LogP contribution >= 0.6 is 0 Å². The van der Waals surface area contributed by atoms with Crippen LogP contribution in [0.15, 0.2) is 12.2 Å². The lowest BCUT2D eigenvalue weighted by Crippen LogP contribution is -2.52. The van der Waals surface area contributed by atoms with E-state index in [0.29, 0.717) is 43.4 Å². The highest BCUT2D eigenvalue weighted by molar-refractivity contribution is 5.69. The molecule has 0 saturated carbocycles. The highest BCUT2D eigenvalue weighted by Crippen LogP contribution is 2.21. The third-order valence-corrected chi connectivity index (χ3v) is 9.25. The van der Waals surface area contributed by atoms with Crippen molar-refractivity contribution in [2.24, 2.45) is 17.8 Å². The standard InChI is InChI=1S/C36H67NO6/c1-5-6-7-8-9-10-11-12-13-14-15-16-17-18-19-20-21-22-23-27-37(28-24-31(2)34(38)39,29-25-32(3)35(40)41)30-26-33(4)36(42)43/h20-21,31-33H,5-19,22-30H2,1-4H3,(H2-,38,39,40,41,42,43)/b21-20+. The van der Waals surface area contributed by atoms with Crippen molar-refractivity contribution in [2.45, 2.75) is 156 Å². The van der Waals surface area contributed by atoms with E-state index in [1.807, 2.05) is 0 Å². The summed E-state index contributed by atoms with van der Waals surface area (Å²) in [5, 5.41) is 30.2. The van der Waals surface area contributed by atoms with Crippen molar-refractivity contribution in [1.29, 1.82) is 0 Å². The number of carboxylic acids is 3. The Morgan fingerprint density at radius 3 is 1.28 bits per heavy atom. The number of carbonyl (C=O) groups is 3. The van der Waals surface area contributed by atoms with Gasteiger partial charge in [0.15, 0.2) is 0 Å². The molecule has 0 aromatic heterocycles. The molecule has 0 aliphatic carbocycles. The molecule has 0 heterocycles. The fourth-order valence-electron chi connectivity index (χ4n) is 5.68. The molecule has 0 radical (unpaired) electrons. The number of quaternary nitrogens is 1. The van der Waals surface area contributed by atoms with E-state index in [0.717, 1.165) is 25.8 Å². The zero-order valence-electron chi connectivity index (χ0n) is 28.3. The molecule has 0 amide bonds. The number of rotatable bonds is 31. The average Bonchev–Trinajstić information content (AvgIpc) is 2.97. The molecule has 43 heavy (non-hydrogen) atoms. The SMILES string of the molecule is CCCCCCCCCCCCCCCC/C=C/CCC[N+](CCC(C)C(=O)[O-])(CCC(C)C(=O)O)CCC(C)C(=O)O. The first-order valence-corrected chi connectivity index (χ1v) is 17.7. The fraction of sp³-hybridized carbons (Fsp3) is 0.861. The molecule has 3 atom stereocenters. The highest BCUT2D eigenvalue weighted by atomic mass is 16.4. The minimum absolute atomic E-state index is 0.431. The van der Waals surface area contributed by atoms with E-state index < -0.39 is 35.7 Å². The Balaban J connectivity index is 4.51. The number of nitrogens with zero attached hydrogens (tertiary/aromatic N) is 1. The first-order chi connectivity index (χ1) is 20.5. The van der Waals surface area contributed by atoms with Crippen molar-refractivity contribution in [3.05, 3.63) is 12.2 Å². The van der Waals surface area contributed by atoms with Crippen LogP contribution in [0.5, 0.6) is 0 Å². The lowest BCUT2D eigenvalue weighted by Gasteiger charge is -2.41. The molecule has 0 aromatic rings. The molecule has 0 aliphatic rings. The lowest BCUT2D eigenvalue weighted by molar-refractivity contribution is -0.929. The summed E-state index contributed by atoms with van der Waals surface area (Å²) in [6, 6.07) is 0. The molecule has 252 valence electrons. The van der Waals surface area contributed by atoms with Gasteiger partial charge < -0.3 is 24.6 Å². The third-order valence-electron chi connectivity index (χ3n) is 9.25. The molecule has 3 unspecified atom stereocenters. The summed E-state index contributed by atoms with van der Waals surface area (Å²) in [6.07, 6.45) is 27.9. The van der Waals surface area contributed by atoms with Crippen LogP contribution in [-0.4, -0.2) is 58.8 Å². The molecule has 0 aromatic carbocycles. The molecular weight excluding hydrogens is 542 g/mol. The number of hydrogen-bond donors (Lipinski definition) is 2. The summed E-state index contributed by atoms with van der Waals surface area (Å²) >= 11 is 0. The topological polar surface area (TPSA) is 115 Å². The van der Waals surface area contributed by atoms with Crippen LogP contribution in [0, 0.1) is 17.8 Å². The second-order valence-electron chi connectivity index (χ2n) is 13.3. The predicted octanol–water partition coefficient (Wildman–Crippen LogP) is 8.01. The zero-order chi connectivity index (χ0) is 32.3. The molecule has 7 nitrogen and oxygen atoms in total. The van der Waals surface area contributed by atoms with Gasteiger partial charge >= 0.3 is 11.9 Å². The van der Waals surface area contributed by atoms with Crippen molar-refractivity contribution in [3.63, 3.8) is 0 Å². The molecule has 7 heteroatoms. The van der Waals surface area contributed by atoms with Gasteiger partial charge in [-0.05, 0) is 19.3 Å². The Morgan fingerprint density at radius 2 is 0.907 bits per heavy atom. The van der Waals surface area contributed by atoms with Crippen LogP contribution in [-0.2, 0) is 14.4 Å². The van der Waals surface area contributed by atoms with Crippen molar-refractivity contribution in [3.8, 4) is 0 Å². The summed E-state index contributed by atoms with van der Waals surface area (Å²) in [4.78, 5) is 34.4. The second-order valence-corrected chi connectivity index (χ2v) is 13.3. The van der Waals surface area contributed by atoms with Gasteiger partial charge in [-0.2, -0.15) is 0 Å². The molecule has 0 fully saturated rings. The third kappa shape index (κ3) is 23.2. The second kappa shape index (κ2) is 26.5. The minimum atomic E-state index is -1.08. The van der Waals surface area contributed by atoms with Gasteiger partial charge in [0.1, 0.15) is 0 Å². The fourth-order valence-corrected chi connectivity index (χ4v) is 5.68. The van der Waals surface area contributed by atoms with Gasteiger partial charge in [0.25, 0.3) is 0 Å². The van der Waals surface area contributed by atoms with Crippen LogP contribution in [0.3, 0.4) is 0 Å². The minimum Gasteiger partial charge on any atom is -0.550 e. The summed E-state index contributed by atoms with van der Waals surface area (Å²) < 4.78 is 0.555. The maximum Gasteiger partial charge on any atom is 0.306 e. The Morgan fingerprint density at radius 1 is 0.558 bits per heavy atom. The van der Waals surface area contributed by atoms with E-state index in [1.165, 1.54) is 89.9 Å². The van der Waals surface area contributed by atoms with E-state index >= 15 is 0 Å². The van der Waals surface area contributed by atoms with Gasteiger partial charge in [0.2, 0.25) is 0 Å². The van der Waals surface area contributed by atoms with Crippen molar-refractivity contribution >= 4 is 17.9 Å². The summed E-state index contributed by atoms with van der Waals surface area (Å²) in [6.45, 7) is 9.86. The quantitative estimate of drug-likeness (QED) is 0.0467. The number of allylic oxidation sites excluding steroid dienone is 2. The molecular formula is C36H67NO6. The molecule has 0 rings (SSSR count). The average molecular weight is 610 g/mol. The van der Waals surface area contributed by atoms with Crippen LogP contribution in [0.2, 0.25) is 0 Å². The van der Waals surface area contributed by atoms with E-state index in [2.05, 4.69) is 19.1 Å². The number of hydrogen-bond acceptors (Lipinski definition) is 4. The van der Waals surface area contributed by atoms with Crippen molar-refractivity contribution in [1.82, 2.24) is 0 Å². The maximum atomic E-state index is 11.5. The van der Waals surface area contributed by atoms with E-state index in [4.69, 9.17) is 0 Å². The Bertz CT molecular complexity index is 692. The van der Waals surface area contributed by atoms with Gasteiger partial charge in [-0.15, -0.1) is 0 Å². The Hall–Kier alpha value is -1.89. The van der Waals surface area contributed by atoms with Crippen molar-refractivity contribution < 1.29 is 34.2 Å². The number of unbranched alkanes of at least 4 members (excludes halogenated alkanes) is 15. The van der Waals surface area contributed by atoms with Crippen LogP contribution < -0.4 is 5.11 Å². The molecule has 0 spiro atoms. The van der Waals surface area contributed by atoms with Crippen LogP contribution in [0.25, 0.3) is 0 Å². The molecule has 2 N–H and O–H groups in total. The largest absolute Gasteiger partial charge is 0.550 e. The zero-order valence-corrected chi connectivity index (χ0v) is 28.3. The first kappa shape index (κ1) is 41.1. The van der Waals surface area contributed by atoms with Crippen LogP contribution in [0.1, 0.15) is 156 Å². The summed E-state index contributed by atoms with van der Waals surface area (Å²) in [5.74, 6) is -4.37. The summed E-state index contributed by atoms with van der Waals surface area (Å²) in [5.41, 5.74) is 0. The Kier molecular flexibility index (Phi) is 25.3. The Labute approximate surface area is 264 Å². The smallest absolute Gasteiger partial charge is 0.306 e. The van der Waals surface area contributed by atoms with Gasteiger partial charge in [-0.25, -0.2) is 0 Å². The van der Waals surface area contributed by atoms with E-state index in [1.54, 1.807) is 20.8 Å². The number of carboxylic acid groups (broad SMARTS) is 3. The molecule has 0 saturated heterocycles. The van der Waals surface area contributed by atoms with Gasteiger partial charge in [0.05, 0.1) is 38.0 Å².